The molecule has 3 heteroatoms. The number of nitrogens with zero attached hydrogens (tertiary/aromatic N) is 1. The Morgan fingerprint density at radius 1 is 0.295 bits per heavy atom. The van der Waals surface area contributed by atoms with Crippen LogP contribution in [0.2, 0.25) is 0 Å². The number of hydrogen-bond acceptors (Lipinski definition) is 3. The fourth-order valence-corrected chi connectivity index (χ4v) is 9.25. The lowest BCUT2D eigenvalue weighted by molar-refractivity contribution is 0.669. The van der Waals surface area contributed by atoms with Crippen molar-refractivity contribution in [3.8, 4) is 44.5 Å². The van der Waals surface area contributed by atoms with Crippen LogP contribution in [-0.4, -0.2) is 0 Å². The molecule has 2 aromatic heterocycles. The summed E-state index contributed by atoms with van der Waals surface area (Å²) in [6.45, 7) is 0. The molecule has 0 atom stereocenters. The molecule has 12 aromatic rings. The molecule has 0 N–H and O–H groups in total. The third kappa shape index (κ3) is 5.82. The van der Waals surface area contributed by atoms with Crippen molar-refractivity contribution in [3.63, 3.8) is 0 Å². The van der Waals surface area contributed by atoms with Crippen LogP contribution in [-0.2, 0) is 0 Å². The molecule has 0 unspecified atom stereocenters. The SMILES string of the molecule is c1ccc(-c2ccc(N(c3ccc4oc5c6ccccc6c(-c6cccc(-c7ccccc7)c6)cc5c4c3-c3ccccc3)c3cccc4c3oc3ccccc34)cc2)cc1. The van der Waals surface area contributed by atoms with Gasteiger partial charge < -0.3 is 13.7 Å². The molecule has 3 nitrogen and oxygen atoms in total. The zero-order chi connectivity index (χ0) is 40.3. The standard InChI is InChI=1S/C58H37NO2/c1-4-16-38(17-5-1)40-30-32-44(33-31-40)59(52-28-15-27-48-46-25-12-13-29-53(46)60-58(48)52)51-34-35-54-56(55(51)41-20-8-3-9-21-41)50-37-49(45-24-10-11-26-47(45)57(50)61-54)43-23-14-22-42(36-43)39-18-6-2-7-19-39/h1-37H. The molecular formula is C58H37NO2. The van der Waals surface area contributed by atoms with Crippen LogP contribution in [0.3, 0.4) is 0 Å². The zero-order valence-electron chi connectivity index (χ0n) is 33.1. The quantitative estimate of drug-likeness (QED) is 0.161. The van der Waals surface area contributed by atoms with Crippen molar-refractivity contribution >= 4 is 71.7 Å². The summed E-state index contributed by atoms with van der Waals surface area (Å²) in [7, 11) is 0. The Balaban J connectivity index is 1.16. The largest absolute Gasteiger partial charge is 0.455 e. The summed E-state index contributed by atoms with van der Waals surface area (Å²) < 4.78 is 13.8. The van der Waals surface area contributed by atoms with Crippen LogP contribution in [0.1, 0.15) is 0 Å². The maximum Gasteiger partial charge on any atom is 0.159 e. The number of anilines is 3. The Bertz CT molecular complexity index is 3570. The monoisotopic (exact) mass is 779 g/mol. The second-order valence-corrected chi connectivity index (χ2v) is 15.6. The highest BCUT2D eigenvalue weighted by atomic mass is 16.3. The fourth-order valence-electron chi connectivity index (χ4n) is 9.25. The lowest BCUT2D eigenvalue weighted by Crippen LogP contribution is -2.11. The van der Waals surface area contributed by atoms with Crippen LogP contribution >= 0.6 is 0 Å². The molecule has 10 aromatic carbocycles. The van der Waals surface area contributed by atoms with Gasteiger partial charge in [-0.3, -0.25) is 0 Å². The van der Waals surface area contributed by atoms with E-state index in [-0.39, 0.29) is 0 Å². The molecule has 0 bridgehead atoms. The van der Waals surface area contributed by atoms with E-state index in [4.69, 9.17) is 8.83 Å². The lowest BCUT2D eigenvalue weighted by Gasteiger charge is -2.28. The highest BCUT2D eigenvalue weighted by Gasteiger charge is 2.26. The topological polar surface area (TPSA) is 29.5 Å². The molecular weight excluding hydrogens is 743 g/mol. The van der Waals surface area contributed by atoms with E-state index in [0.29, 0.717) is 0 Å². The van der Waals surface area contributed by atoms with E-state index in [1.165, 1.54) is 16.7 Å². The molecule has 0 saturated heterocycles. The smallest absolute Gasteiger partial charge is 0.159 e. The summed E-state index contributed by atoms with van der Waals surface area (Å²) in [5, 5.41) is 6.52. The van der Waals surface area contributed by atoms with E-state index in [9.17, 15) is 0 Å². The molecule has 0 radical (unpaired) electrons. The van der Waals surface area contributed by atoms with Gasteiger partial charge in [0.05, 0.1) is 11.4 Å². The lowest BCUT2D eigenvalue weighted by atomic mass is 9.91. The zero-order valence-corrected chi connectivity index (χ0v) is 33.1. The van der Waals surface area contributed by atoms with Gasteiger partial charge in [-0.1, -0.05) is 176 Å². The molecule has 0 aliphatic rings. The van der Waals surface area contributed by atoms with E-state index in [0.717, 1.165) is 99.5 Å². The van der Waals surface area contributed by atoms with Gasteiger partial charge in [-0.15, -0.1) is 0 Å². The van der Waals surface area contributed by atoms with Crippen molar-refractivity contribution in [3.05, 3.63) is 224 Å². The molecule has 0 saturated carbocycles. The van der Waals surface area contributed by atoms with Crippen molar-refractivity contribution < 1.29 is 8.83 Å². The van der Waals surface area contributed by atoms with E-state index in [1.54, 1.807) is 0 Å². The molecule has 61 heavy (non-hydrogen) atoms. The number of hydrogen-bond donors (Lipinski definition) is 0. The van der Waals surface area contributed by atoms with Crippen LogP contribution in [0.25, 0.3) is 99.2 Å². The molecule has 0 spiro atoms. The third-order valence-electron chi connectivity index (χ3n) is 12.1. The van der Waals surface area contributed by atoms with E-state index < -0.39 is 0 Å². The van der Waals surface area contributed by atoms with Crippen LogP contribution < -0.4 is 4.90 Å². The molecule has 0 aliphatic heterocycles. The Morgan fingerprint density at radius 3 is 1.59 bits per heavy atom. The highest BCUT2D eigenvalue weighted by molar-refractivity contribution is 6.24. The van der Waals surface area contributed by atoms with Gasteiger partial charge in [-0.25, -0.2) is 0 Å². The predicted molar refractivity (Wildman–Crippen MR) is 255 cm³/mol. The molecule has 12 rings (SSSR count). The number of furan rings is 2. The van der Waals surface area contributed by atoms with Gasteiger partial charge in [-0.2, -0.15) is 0 Å². The number of para-hydroxylation sites is 2. The molecule has 2 heterocycles. The summed E-state index contributed by atoms with van der Waals surface area (Å²) >= 11 is 0. The maximum absolute atomic E-state index is 7.00. The van der Waals surface area contributed by atoms with Crippen LogP contribution in [0.15, 0.2) is 233 Å². The second kappa shape index (κ2) is 14.3. The minimum Gasteiger partial charge on any atom is -0.455 e. The van der Waals surface area contributed by atoms with Crippen LogP contribution in [0.5, 0.6) is 0 Å². The van der Waals surface area contributed by atoms with Crippen LogP contribution in [0, 0.1) is 0 Å². The van der Waals surface area contributed by atoms with Gasteiger partial charge >= 0.3 is 0 Å². The highest BCUT2D eigenvalue weighted by Crippen LogP contribution is 2.51. The Hall–Kier alpha value is -8.14. The first-order chi connectivity index (χ1) is 30.3. The minimum absolute atomic E-state index is 0.832. The van der Waals surface area contributed by atoms with E-state index in [1.807, 2.05) is 6.07 Å². The van der Waals surface area contributed by atoms with Gasteiger partial charge in [0.15, 0.2) is 5.58 Å². The third-order valence-corrected chi connectivity index (χ3v) is 12.1. The Morgan fingerprint density at radius 2 is 0.836 bits per heavy atom. The van der Waals surface area contributed by atoms with Crippen molar-refractivity contribution in [1.29, 1.82) is 0 Å². The molecule has 286 valence electrons. The van der Waals surface area contributed by atoms with Gasteiger partial charge in [0.2, 0.25) is 0 Å². The number of benzene rings is 10. The first-order valence-electron chi connectivity index (χ1n) is 20.7. The number of fused-ring (bicyclic) bond motifs is 8. The van der Waals surface area contributed by atoms with Crippen LogP contribution in [0.4, 0.5) is 17.1 Å². The molecule has 0 amide bonds. The Kier molecular flexibility index (Phi) is 8.17. The maximum atomic E-state index is 7.00. The molecule has 0 aliphatic carbocycles. The first kappa shape index (κ1) is 34.9. The fraction of sp³-hybridized carbons (Fsp3) is 0. The summed E-state index contributed by atoms with van der Waals surface area (Å²) in [5.74, 6) is 0. The van der Waals surface area contributed by atoms with E-state index >= 15 is 0 Å². The van der Waals surface area contributed by atoms with Gasteiger partial charge in [0.1, 0.15) is 16.7 Å². The molecule has 0 fully saturated rings. The normalized spacial score (nSPS) is 11.6. The Labute approximate surface area is 353 Å². The van der Waals surface area contributed by atoms with Crippen molar-refractivity contribution in [2.75, 3.05) is 4.90 Å². The average Bonchev–Trinajstić information content (AvgIpc) is 3.92. The summed E-state index contributed by atoms with van der Waals surface area (Å²) in [6.07, 6.45) is 0. The summed E-state index contributed by atoms with van der Waals surface area (Å²) in [4.78, 5) is 2.37. The van der Waals surface area contributed by atoms with Gasteiger partial charge in [-0.05, 0) is 92.9 Å². The van der Waals surface area contributed by atoms with E-state index in [2.05, 4.69) is 223 Å². The predicted octanol–water partition coefficient (Wildman–Crippen LogP) is 16.8. The number of rotatable bonds is 7. The van der Waals surface area contributed by atoms with Crippen molar-refractivity contribution in [1.82, 2.24) is 0 Å². The first-order valence-corrected chi connectivity index (χ1v) is 20.7. The van der Waals surface area contributed by atoms with Gasteiger partial charge in [0, 0.05) is 38.2 Å². The second-order valence-electron chi connectivity index (χ2n) is 15.6. The minimum atomic E-state index is 0.832. The average molecular weight is 780 g/mol. The van der Waals surface area contributed by atoms with Gasteiger partial charge in [0.25, 0.3) is 0 Å². The summed E-state index contributed by atoms with van der Waals surface area (Å²) in [5.41, 5.74) is 15.6. The summed E-state index contributed by atoms with van der Waals surface area (Å²) in [6, 6.07) is 79.8. The van der Waals surface area contributed by atoms with Crippen molar-refractivity contribution in [2.45, 2.75) is 0 Å². The van der Waals surface area contributed by atoms with Crippen molar-refractivity contribution in [2.24, 2.45) is 0 Å².